The molecule has 0 bridgehead atoms. The number of halogens is 3. The van der Waals surface area contributed by atoms with Crippen LogP contribution in [-0.2, 0) is 0 Å². The Kier molecular flexibility index (Phi) is 4.62. The van der Waals surface area contributed by atoms with Gasteiger partial charge in [0.1, 0.15) is 0 Å². The van der Waals surface area contributed by atoms with Crippen molar-refractivity contribution in [3.05, 3.63) is 62.6 Å². The van der Waals surface area contributed by atoms with Crippen molar-refractivity contribution in [1.29, 1.82) is 0 Å². The fourth-order valence-corrected chi connectivity index (χ4v) is 2.39. The second kappa shape index (κ2) is 6.04. The van der Waals surface area contributed by atoms with Gasteiger partial charge < -0.3 is 5.32 Å². The average molecular weight is 315 g/mol. The highest BCUT2D eigenvalue weighted by molar-refractivity contribution is 6.35. The van der Waals surface area contributed by atoms with Crippen LogP contribution in [0, 0.1) is 6.92 Å². The second-order valence-electron chi connectivity index (χ2n) is 4.50. The van der Waals surface area contributed by atoms with Crippen molar-refractivity contribution in [2.45, 2.75) is 19.9 Å². The van der Waals surface area contributed by atoms with Crippen molar-refractivity contribution in [1.82, 2.24) is 0 Å². The largest absolute Gasteiger partial charge is 0.377 e. The van der Waals surface area contributed by atoms with E-state index >= 15 is 0 Å². The lowest BCUT2D eigenvalue weighted by Gasteiger charge is -2.17. The summed E-state index contributed by atoms with van der Waals surface area (Å²) in [6.45, 7) is 3.99. The lowest BCUT2D eigenvalue weighted by atomic mass is 10.1. The molecule has 0 aromatic heterocycles. The molecule has 2 aromatic carbocycles. The zero-order valence-electron chi connectivity index (χ0n) is 10.7. The predicted octanol–water partition coefficient (Wildman–Crippen LogP) is 6.13. The summed E-state index contributed by atoms with van der Waals surface area (Å²) in [6.07, 6.45) is 0. The molecular weight excluding hydrogens is 301 g/mol. The van der Waals surface area contributed by atoms with Gasteiger partial charge in [-0.05, 0) is 49.2 Å². The van der Waals surface area contributed by atoms with Crippen LogP contribution >= 0.6 is 34.8 Å². The number of nitrogens with one attached hydrogen (secondary N) is 1. The van der Waals surface area contributed by atoms with Crippen molar-refractivity contribution >= 4 is 40.5 Å². The van der Waals surface area contributed by atoms with Crippen molar-refractivity contribution in [2.75, 3.05) is 5.32 Å². The predicted molar refractivity (Wildman–Crippen MR) is 84.7 cm³/mol. The van der Waals surface area contributed by atoms with Gasteiger partial charge in [-0.25, -0.2) is 0 Å². The van der Waals surface area contributed by atoms with E-state index < -0.39 is 0 Å². The summed E-state index contributed by atoms with van der Waals surface area (Å²) >= 11 is 18.2. The van der Waals surface area contributed by atoms with Crippen LogP contribution < -0.4 is 5.32 Å². The fourth-order valence-electron chi connectivity index (χ4n) is 1.82. The Morgan fingerprint density at radius 1 is 0.947 bits per heavy atom. The van der Waals surface area contributed by atoms with Crippen molar-refractivity contribution < 1.29 is 0 Å². The molecule has 1 nitrogen and oxygen atoms in total. The topological polar surface area (TPSA) is 12.0 Å². The van der Waals surface area contributed by atoms with Gasteiger partial charge in [0, 0.05) is 16.1 Å². The molecule has 0 saturated carbocycles. The molecule has 0 aliphatic carbocycles. The Bertz CT molecular complexity index is 579. The highest BCUT2D eigenvalue weighted by Gasteiger charge is 2.09. The summed E-state index contributed by atoms with van der Waals surface area (Å²) in [5.41, 5.74) is 2.94. The third kappa shape index (κ3) is 3.56. The number of hydrogen-bond donors (Lipinski definition) is 1. The van der Waals surface area contributed by atoms with Crippen LogP contribution in [-0.4, -0.2) is 0 Å². The van der Waals surface area contributed by atoms with Crippen LogP contribution in [0.25, 0.3) is 0 Å². The number of benzene rings is 2. The maximum atomic E-state index is 6.22. The molecule has 1 unspecified atom stereocenters. The summed E-state index contributed by atoms with van der Waals surface area (Å²) in [7, 11) is 0. The van der Waals surface area contributed by atoms with Crippen molar-refractivity contribution in [3.8, 4) is 0 Å². The number of hydrogen-bond acceptors (Lipinski definition) is 1. The average Bonchev–Trinajstić information content (AvgIpc) is 2.36. The highest BCUT2D eigenvalue weighted by atomic mass is 35.5. The summed E-state index contributed by atoms with van der Waals surface area (Å²) in [5, 5.41) is 5.46. The Balaban J connectivity index is 2.21. The van der Waals surface area contributed by atoms with Gasteiger partial charge >= 0.3 is 0 Å². The number of aryl methyl sites for hydroxylation is 1. The molecule has 0 radical (unpaired) electrons. The molecule has 2 aromatic rings. The van der Waals surface area contributed by atoms with Crippen LogP contribution in [0.1, 0.15) is 24.1 Å². The monoisotopic (exact) mass is 313 g/mol. The van der Waals surface area contributed by atoms with Gasteiger partial charge in [-0.1, -0.05) is 46.9 Å². The first-order valence-corrected chi connectivity index (χ1v) is 7.08. The van der Waals surface area contributed by atoms with Gasteiger partial charge in [-0.3, -0.25) is 0 Å². The van der Waals surface area contributed by atoms with Gasteiger partial charge in [0.15, 0.2) is 0 Å². The minimum absolute atomic E-state index is 0.119. The van der Waals surface area contributed by atoms with E-state index in [1.807, 2.05) is 43.3 Å². The number of anilines is 1. The SMILES string of the molecule is Cc1cc(Cl)c(NC(C)c2ccc(Cl)cc2)cc1Cl. The van der Waals surface area contributed by atoms with E-state index in [0.717, 1.165) is 21.8 Å². The molecule has 1 atom stereocenters. The van der Waals surface area contributed by atoms with E-state index in [1.54, 1.807) is 0 Å². The van der Waals surface area contributed by atoms with Gasteiger partial charge in [0.25, 0.3) is 0 Å². The van der Waals surface area contributed by atoms with Gasteiger partial charge in [-0.15, -0.1) is 0 Å². The number of rotatable bonds is 3. The van der Waals surface area contributed by atoms with E-state index in [-0.39, 0.29) is 6.04 Å². The van der Waals surface area contributed by atoms with Gasteiger partial charge in [0.2, 0.25) is 0 Å². The van der Waals surface area contributed by atoms with E-state index in [4.69, 9.17) is 34.8 Å². The third-order valence-electron chi connectivity index (χ3n) is 2.99. The minimum atomic E-state index is 0.119. The Morgan fingerprint density at radius 2 is 1.58 bits per heavy atom. The zero-order chi connectivity index (χ0) is 14.0. The van der Waals surface area contributed by atoms with Crippen molar-refractivity contribution in [2.24, 2.45) is 0 Å². The molecule has 0 fully saturated rings. The molecule has 100 valence electrons. The van der Waals surface area contributed by atoms with Crippen LogP contribution in [0.15, 0.2) is 36.4 Å². The van der Waals surface area contributed by atoms with Crippen LogP contribution in [0.2, 0.25) is 15.1 Å². The molecule has 0 amide bonds. The first-order chi connectivity index (χ1) is 8.97. The molecule has 0 spiro atoms. The van der Waals surface area contributed by atoms with E-state index in [9.17, 15) is 0 Å². The third-order valence-corrected chi connectivity index (χ3v) is 3.96. The van der Waals surface area contributed by atoms with E-state index in [0.29, 0.717) is 10.0 Å². The maximum absolute atomic E-state index is 6.22. The zero-order valence-corrected chi connectivity index (χ0v) is 12.9. The summed E-state index contributed by atoms with van der Waals surface area (Å²) in [6, 6.07) is 11.6. The second-order valence-corrected chi connectivity index (χ2v) is 5.75. The lowest BCUT2D eigenvalue weighted by Crippen LogP contribution is -2.07. The fraction of sp³-hybridized carbons (Fsp3) is 0.200. The standard InChI is InChI=1S/C15H14Cl3N/c1-9-7-14(18)15(8-13(9)17)19-10(2)11-3-5-12(16)6-4-11/h3-8,10,19H,1-2H3. The molecule has 4 heteroatoms. The minimum Gasteiger partial charge on any atom is -0.377 e. The molecule has 0 aliphatic rings. The van der Waals surface area contributed by atoms with Gasteiger partial charge in [-0.2, -0.15) is 0 Å². The molecule has 2 rings (SSSR count). The first-order valence-electron chi connectivity index (χ1n) is 5.95. The lowest BCUT2D eigenvalue weighted by molar-refractivity contribution is 0.885. The summed E-state index contributed by atoms with van der Waals surface area (Å²) in [5.74, 6) is 0. The molecule has 1 N–H and O–H groups in total. The maximum Gasteiger partial charge on any atom is 0.0641 e. The quantitative estimate of drug-likeness (QED) is 0.718. The van der Waals surface area contributed by atoms with Crippen LogP contribution in [0.4, 0.5) is 5.69 Å². The van der Waals surface area contributed by atoms with Crippen LogP contribution in [0.3, 0.4) is 0 Å². The highest BCUT2D eigenvalue weighted by Crippen LogP contribution is 2.31. The first kappa shape index (κ1) is 14.5. The van der Waals surface area contributed by atoms with Crippen LogP contribution in [0.5, 0.6) is 0 Å². The molecular formula is C15H14Cl3N. The summed E-state index contributed by atoms with van der Waals surface area (Å²) < 4.78 is 0. The Hall–Kier alpha value is -0.890. The molecule has 0 saturated heterocycles. The Labute approximate surface area is 128 Å². The van der Waals surface area contributed by atoms with Crippen molar-refractivity contribution in [3.63, 3.8) is 0 Å². The normalized spacial score (nSPS) is 12.3. The Morgan fingerprint density at radius 3 is 2.21 bits per heavy atom. The van der Waals surface area contributed by atoms with E-state index in [1.165, 1.54) is 0 Å². The molecule has 19 heavy (non-hydrogen) atoms. The summed E-state index contributed by atoms with van der Waals surface area (Å²) in [4.78, 5) is 0. The molecule has 0 aliphatic heterocycles. The smallest absolute Gasteiger partial charge is 0.0641 e. The molecule has 0 heterocycles. The van der Waals surface area contributed by atoms with Gasteiger partial charge in [0.05, 0.1) is 10.7 Å². The van der Waals surface area contributed by atoms with E-state index in [2.05, 4.69) is 12.2 Å².